The summed E-state index contributed by atoms with van der Waals surface area (Å²) < 4.78 is 7.76. The quantitative estimate of drug-likeness (QED) is 0.670. The minimum Gasteiger partial charge on any atom is -0.487 e. The molecule has 1 saturated heterocycles. The van der Waals surface area contributed by atoms with E-state index in [1.807, 2.05) is 62.5 Å². The van der Waals surface area contributed by atoms with Crippen molar-refractivity contribution in [3.63, 3.8) is 0 Å². The number of aryl methyl sites for hydroxylation is 2. The highest BCUT2D eigenvalue weighted by Gasteiger charge is 2.28. The molecule has 9 heteroatoms. The van der Waals surface area contributed by atoms with Crippen LogP contribution in [0.2, 0.25) is 5.02 Å². The van der Waals surface area contributed by atoms with E-state index in [1.165, 1.54) is 10.0 Å². The van der Waals surface area contributed by atoms with E-state index in [4.69, 9.17) is 16.3 Å². The molecule has 2 heterocycles. The Morgan fingerprint density at radius 3 is 2.62 bits per heavy atom. The number of benzene rings is 2. The van der Waals surface area contributed by atoms with Crippen molar-refractivity contribution in [3.05, 3.63) is 70.5 Å². The number of nitrogens with zero attached hydrogens (tertiary/aromatic N) is 4. The van der Waals surface area contributed by atoms with Crippen molar-refractivity contribution < 1.29 is 9.53 Å². The molecule has 2 N–H and O–H groups in total. The number of rotatable bonds is 5. The molecule has 0 saturated carbocycles. The van der Waals surface area contributed by atoms with Gasteiger partial charge in [-0.1, -0.05) is 23.7 Å². The molecular formula is C20H21ClN6O2. The van der Waals surface area contributed by atoms with Crippen LogP contribution < -0.4 is 20.8 Å². The number of aromatic nitrogens is 2. The van der Waals surface area contributed by atoms with Crippen molar-refractivity contribution >= 4 is 23.3 Å². The van der Waals surface area contributed by atoms with Gasteiger partial charge in [0.2, 0.25) is 0 Å². The van der Waals surface area contributed by atoms with E-state index in [0.717, 1.165) is 22.5 Å². The van der Waals surface area contributed by atoms with Crippen molar-refractivity contribution in [2.24, 2.45) is 0 Å². The first-order valence-electron chi connectivity index (χ1n) is 9.06. The lowest BCUT2D eigenvalue weighted by atomic mass is 10.1. The molecule has 1 aliphatic rings. The molecule has 0 unspecified atom stereocenters. The van der Waals surface area contributed by atoms with Gasteiger partial charge in [-0.2, -0.15) is 5.10 Å². The number of anilines is 1. The van der Waals surface area contributed by atoms with Gasteiger partial charge >= 0.3 is 6.03 Å². The zero-order valence-electron chi connectivity index (χ0n) is 16.3. The molecule has 1 aliphatic heterocycles. The van der Waals surface area contributed by atoms with E-state index >= 15 is 0 Å². The molecule has 1 fully saturated rings. The van der Waals surface area contributed by atoms with Gasteiger partial charge in [-0.05, 0) is 49.7 Å². The summed E-state index contributed by atoms with van der Waals surface area (Å²) in [7, 11) is 1.64. The molecule has 4 rings (SSSR count). The summed E-state index contributed by atoms with van der Waals surface area (Å²) in [6, 6.07) is 13.0. The predicted molar refractivity (Wildman–Crippen MR) is 111 cm³/mol. The third-order valence-corrected chi connectivity index (χ3v) is 5.00. The topological polar surface area (TPSA) is 74.7 Å². The van der Waals surface area contributed by atoms with E-state index in [0.29, 0.717) is 16.5 Å². The third kappa shape index (κ3) is 3.77. The van der Waals surface area contributed by atoms with Crippen LogP contribution in [0.5, 0.6) is 5.75 Å². The number of nitrogens with one attached hydrogen (secondary N) is 2. The minimum absolute atomic E-state index is 0.214. The Labute approximate surface area is 173 Å². The van der Waals surface area contributed by atoms with Crippen LogP contribution in [0.1, 0.15) is 16.8 Å². The second-order valence-corrected chi connectivity index (χ2v) is 7.19. The van der Waals surface area contributed by atoms with Crippen LogP contribution in [-0.4, -0.2) is 27.9 Å². The number of urea groups is 1. The van der Waals surface area contributed by atoms with Crippen LogP contribution in [0.15, 0.2) is 48.7 Å². The minimum atomic E-state index is -0.214. The summed E-state index contributed by atoms with van der Waals surface area (Å²) in [6.45, 7) is 4.17. The Kier molecular flexibility index (Phi) is 5.14. The molecule has 3 aromatic rings. The third-order valence-electron chi connectivity index (χ3n) is 4.71. The first kappa shape index (κ1) is 19.3. The molecule has 2 amide bonds. The smallest absolute Gasteiger partial charge is 0.355 e. The molecule has 150 valence electrons. The van der Waals surface area contributed by atoms with Gasteiger partial charge in [0.15, 0.2) is 0 Å². The summed E-state index contributed by atoms with van der Waals surface area (Å²) in [5.74, 6) is 0.560. The average molecular weight is 413 g/mol. The zero-order valence-corrected chi connectivity index (χ0v) is 17.1. The van der Waals surface area contributed by atoms with Gasteiger partial charge in [-0.3, -0.25) is 0 Å². The van der Waals surface area contributed by atoms with Crippen molar-refractivity contribution in [2.45, 2.75) is 20.5 Å². The van der Waals surface area contributed by atoms with Gasteiger partial charge in [0.25, 0.3) is 0 Å². The molecule has 2 aromatic carbocycles. The monoisotopic (exact) mass is 412 g/mol. The lowest BCUT2D eigenvalue weighted by molar-refractivity contribution is 0.214. The van der Waals surface area contributed by atoms with Crippen LogP contribution in [0.3, 0.4) is 0 Å². The van der Waals surface area contributed by atoms with Crippen molar-refractivity contribution in [1.29, 1.82) is 0 Å². The van der Waals surface area contributed by atoms with Crippen molar-refractivity contribution in [1.82, 2.24) is 25.9 Å². The maximum Gasteiger partial charge on any atom is 0.355 e. The highest BCUT2D eigenvalue weighted by Crippen LogP contribution is 2.30. The van der Waals surface area contributed by atoms with Gasteiger partial charge in [0.1, 0.15) is 12.4 Å². The van der Waals surface area contributed by atoms with Crippen LogP contribution >= 0.6 is 11.6 Å². The zero-order chi connectivity index (χ0) is 20.5. The summed E-state index contributed by atoms with van der Waals surface area (Å²) in [4.78, 5) is 12.3. The Hall–Kier alpha value is -3.07. The predicted octanol–water partition coefficient (Wildman–Crippen LogP) is 3.52. The number of hydrogen-bond donors (Lipinski definition) is 2. The highest BCUT2D eigenvalue weighted by atomic mass is 35.5. The average Bonchev–Trinajstić information content (AvgIpc) is 3.27. The van der Waals surface area contributed by atoms with Gasteiger partial charge in [-0.25, -0.2) is 19.5 Å². The first-order chi connectivity index (χ1) is 13.9. The van der Waals surface area contributed by atoms with Gasteiger partial charge in [-0.15, -0.1) is 11.1 Å². The Morgan fingerprint density at radius 2 is 1.97 bits per heavy atom. The fourth-order valence-electron chi connectivity index (χ4n) is 3.08. The van der Waals surface area contributed by atoms with E-state index in [9.17, 15) is 4.79 Å². The van der Waals surface area contributed by atoms with Gasteiger partial charge < -0.3 is 4.74 Å². The summed E-state index contributed by atoms with van der Waals surface area (Å²) in [5.41, 5.74) is 9.99. The van der Waals surface area contributed by atoms with Crippen LogP contribution in [-0.2, 0) is 6.61 Å². The maximum absolute atomic E-state index is 12.3. The number of ether oxygens (including phenoxy) is 1. The van der Waals surface area contributed by atoms with E-state index in [1.54, 1.807) is 11.7 Å². The molecule has 0 aliphatic carbocycles. The van der Waals surface area contributed by atoms with Crippen molar-refractivity contribution in [3.8, 4) is 11.4 Å². The van der Waals surface area contributed by atoms with E-state index in [-0.39, 0.29) is 12.6 Å². The number of amides is 2. The summed E-state index contributed by atoms with van der Waals surface area (Å²) in [5, 5.41) is 7.68. The highest BCUT2D eigenvalue weighted by molar-refractivity contribution is 6.32. The largest absolute Gasteiger partial charge is 0.487 e. The van der Waals surface area contributed by atoms with E-state index in [2.05, 4.69) is 16.2 Å². The Morgan fingerprint density at radius 1 is 1.14 bits per heavy atom. The van der Waals surface area contributed by atoms with Crippen molar-refractivity contribution in [2.75, 3.05) is 12.1 Å². The molecule has 8 nitrogen and oxygen atoms in total. The Bertz CT molecular complexity index is 1070. The normalized spacial score (nSPS) is 14.0. The SMILES string of the molecule is Cc1ccn(-c2ccc(OCc3c(C)cccc3N3NNN(C)C3=O)c(Cl)c2)n1. The summed E-state index contributed by atoms with van der Waals surface area (Å²) >= 11 is 6.44. The number of carbonyl (C=O) groups is 1. The second-order valence-electron chi connectivity index (χ2n) is 6.78. The number of carbonyl (C=O) groups excluding carboxylic acids is 1. The number of hydrazine groups is 3. The first-order valence-corrected chi connectivity index (χ1v) is 9.44. The standard InChI is InChI=1S/C20H21ClN6O2/c1-13-5-4-6-18(27-20(28)25(3)23-24-27)16(13)12-29-19-8-7-15(11-17(19)21)26-10-9-14(2)22-26/h4-11,23-24H,12H2,1-3H3. The molecule has 1 aromatic heterocycles. The molecule has 0 atom stereocenters. The van der Waals surface area contributed by atoms with E-state index < -0.39 is 0 Å². The van der Waals surface area contributed by atoms with Gasteiger partial charge in [0, 0.05) is 18.8 Å². The Balaban J connectivity index is 1.56. The maximum atomic E-state index is 12.3. The molecule has 29 heavy (non-hydrogen) atoms. The molecule has 0 radical (unpaired) electrons. The molecule has 0 spiro atoms. The molecular weight excluding hydrogens is 392 g/mol. The second kappa shape index (κ2) is 7.75. The lowest BCUT2D eigenvalue weighted by Gasteiger charge is -2.20. The van der Waals surface area contributed by atoms with Crippen LogP contribution in [0.4, 0.5) is 10.5 Å². The fraction of sp³-hybridized carbons (Fsp3) is 0.200. The number of hydrogen-bond acceptors (Lipinski definition) is 5. The van der Waals surface area contributed by atoms with Crippen LogP contribution in [0, 0.1) is 13.8 Å². The fourth-order valence-corrected chi connectivity index (χ4v) is 3.31. The van der Waals surface area contributed by atoms with Gasteiger partial charge in [0.05, 0.1) is 22.1 Å². The number of halogens is 1. The lowest BCUT2D eigenvalue weighted by Crippen LogP contribution is -2.38. The summed E-state index contributed by atoms with van der Waals surface area (Å²) in [6.07, 6.45) is 1.88. The molecule has 0 bridgehead atoms. The van der Waals surface area contributed by atoms with Crippen LogP contribution in [0.25, 0.3) is 5.69 Å².